The van der Waals surface area contributed by atoms with Crippen LogP contribution in [0.3, 0.4) is 0 Å². The maximum atomic E-state index is 12.6. The molecule has 1 aromatic rings. The van der Waals surface area contributed by atoms with Crippen molar-refractivity contribution >= 4 is 11.6 Å². The number of ether oxygens (including phenoxy) is 1. The lowest BCUT2D eigenvalue weighted by Crippen LogP contribution is -2.54. The molecule has 0 aromatic heterocycles. The Bertz CT molecular complexity index is 557. The van der Waals surface area contributed by atoms with Crippen LogP contribution in [0.1, 0.15) is 18.9 Å². The quantitative estimate of drug-likeness (QED) is 0.842. The number of carbonyl (C=O) groups excluding carboxylic acids is 1. The number of hydrogen-bond acceptors (Lipinski definition) is 4. The molecule has 5 nitrogen and oxygen atoms in total. The second-order valence-corrected chi connectivity index (χ2v) is 6.87. The molecular weight excluding hydrogens is 302 g/mol. The van der Waals surface area contributed by atoms with Gasteiger partial charge < -0.3 is 14.5 Å². The number of benzene rings is 1. The Morgan fingerprint density at radius 1 is 1.17 bits per heavy atom. The first-order chi connectivity index (χ1) is 11.6. The molecule has 0 saturated carbocycles. The molecule has 1 atom stereocenters. The van der Waals surface area contributed by atoms with Gasteiger partial charge in [0, 0.05) is 57.4 Å². The van der Waals surface area contributed by atoms with Crippen LogP contribution in [0.25, 0.3) is 0 Å². The van der Waals surface area contributed by atoms with Gasteiger partial charge in [-0.05, 0) is 25.5 Å². The van der Waals surface area contributed by atoms with E-state index in [9.17, 15) is 4.79 Å². The average Bonchev–Trinajstić information content (AvgIpc) is 2.61. The molecule has 1 amide bonds. The first-order valence-electron chi connectivity index (χ1n) is 9.05. The Morgan fingerprint density at radius 3 is 2.62 bits per heavy atom. The molecule has 1 aromatic carbocycles. The monoisotopic (exact) mass is 331 g/mol. The molecule has 0 bridgehead atoms. The van der Waals surface area contributed by atoms with E-state index in [4.69, 9.17) is 4.74 Å². The molecule has 2 aliphatic rings. The van der Waals surface area contributed by atoms with Gasteiger partial charge in [-0.2, -0.15) is 0 Å². The Morgan fingerprint density at radius 2 is 1.92 bits per heavy atom. The zero-order chi connectivity index (χ0) is 16.9. The molecule has 0 aliphatic carbocycles. The largest absolute Gasteiger partial charge is 0.379 e. The maximum absolute atomic E-state index is 12.6. The Kier molecular flexibility index (Phi) is 5.74. The lowest BCUT2D eigenvalue weighted by atomic mass is 10.1. The first-order valence-corrected chi connectivity index (χ1v) is 9.05. The van der Waals surface area contributed by atoms with Gasteiger partial charge in [-0.25, -0.2) is 0 Å². The summed E-state index contributed by atoms with van der Waals surface area (Å²) >= 11 is 0. The summed E-state index contributed by atoms with van der Waals surface area (Å²) in [5.41, 5.74) is 2.60. The van der Waals surface area contributed by atoms with E-state index in [-0.39, 0.29) is 6.04 Å². The summed E-state index contributed by atoms with van der Waals surface area (Å²) in [6, 6.07) is 8.76. The van der Waals surface area contributed by atoms with Crippen LogP contribution >= 0.6 is 0 Å². The molecule has 132 valence electrons. The van der Waals surface area contributed by atoms with E-state index in [0.717, 1.165) is 52.5 Å². The van der Waals surface area contributed by atoms with Crippen molar-refractivity contribution in [1.29, 1.82) is 0 Å². The molecule has 2 aliphatic heterocycles. The predicted molar refractivity (Wildman–Crippen MR) is 96.4 cm³/mol. The topological polar surface area (TPSA) is 36.0 Å². The highest BCUT2D eigenvalue weighted by molar-refractivity contribution is 5.77. The molecule has 0 unspecified atom stereocenters. The van der Waals surface area contributed by atoms with Crippen molar-refractivity contribution < 1.29 is 9.53 Å². The predicted octanol–water partition coefficient (Wildman–Crippen LogP) is 1.75. The van der Waals surface area contributed by atoms with Gasteiger partial charge >= 0.3 is 0 Å². The number of para-hydroxylation sites is 1. The van der Waals surface area contributed by atoms with Crippen LogP contribution in [-0.4, -0.2) is 74.2 Å². The number of hydrogen-bond donors (Lipinski definition) is 0. The summed E-state index contributed by atoms with van der Waals surface area (Å²) in [5, 5.41) is 0. The van der Waals surface area contributed by atoms with Crippen LogP contribution < -0.4 is 4.90 Å². The van der Waals surface area contributed by atoms with Gasteiger partial charge in [0.1, 0.15) is 0 Å². The number of nitrogens with zero attached hydrogens (tertiary/aromatic N) is 3. The summed E-state index contributed by atoms with van der Waals surface area (Å²) in [4.78, 5) is 19.4. The minimum atomic E-state index is 0.260. The highest BCUT2D eigenvalue weighted by Crippen LogP contribution is 2.23. The van der Waals surface area contributed by atoms with Crippen molar-refractivity contribution in [2.45, 2.75) is 26.3 Å². The molecule has 24 heavy (non-hydrogen) atoms. The summed E-state index contributed by atoms with van der Waals surface area (Å²) in [5.74, 6) is 0.290. The molecule has 3 rings (SSSR count). The molecule has 5 heteroatoms. The third-order valence-electron chi connectivity index (χ3n) is 5.15. The normalized spacial score (nSPS) is 22.7. The summed E-state index contributed by atoms with van der Waals surface area (Å²) in [6.45, 7) is 11.3. The minimum absolute atomic E-state index is 0.260. The van der Waals surface area contributed by atoms with Gasteiger partial charge in [-0.1, -0.05) is 18.2 Å². The van der Waals surface area contributed by atoms with Crippen LogP contribution in [0, 0.1) is 6.92 Å². The number of piperazine rings is 1. The van der Waals surface area contributed by atoms with Crippen LogP contribution in [0.2, 0.25) is 0 Å². The minimum Gasteiger partial charge on any atom is -0.379 e. The molecule has 0 N–H and O–H groups in total. The van der Waals surface area contributed by atoms with E-state index in [1.54, 1.807) is 0 Å². The Balaban J connectivity index is 1.51. The molecule has 0 radical (unpaired) electrons. The van der Waals surface area contributed by atoms with Gasteiger partial charge in [0.2, 0.25) is 5.91 Å². The maximum Gasteiger partial charge on any atom is 0.224 e. The molecule has 2 fully saturated rings. The van der Waals surface area contributed by atoms with Gasteiger partial charge in [0.05, 0.1) is 13.2 Å². The standard InChI is InChI=1S/C19H29N3O2/c1-16-5-3-4-6-18(16)21-9-10-22(17(2)15-21)19(23)7-8-20-11-13-24-14-12-20/h3-6,17H,7-15H2,1-2H3/t17-/m1/s1. The average molecular weight is 331 g/mol. The lowest BCUT2D eigenvalue weighted by Gasteiger charge is -2.41. The highest BCUT2D eigenvalue weighted by atomic mass is 16.5. The summed E-state index contributed by atoms with van der Waals surface area (Å²) < 4.78 is 5.36. The zero-order valence-corrected chi connectivity index (χ0v) is 14.9. The zero-order valence-electron chi connectivity index (χ0n) is 14.9. The fraction of sp³-hybridized carbons (Fsp3) is 0.632. The third-order valence-corrected chi connectivity index (χ3v) is 5.15. The van der Waals surface area contributed by atoms with Gasteiger partial charge in [0.15, 0.2) is 0 Å². The smallest absolute Gasteiger partial charge is 0.224 e. The van der Waals surface area contributed by atoms with Gasteiger partial charge in [-0.3, -0.25) is 9.69 Å². The second-order valence-electron chi connectivity index (χ2n) is 6.87. The van der Waals surface area contributed by atoms with Crippen molar-refractivity contribution in [2.75, 3.05) is 57.4 Å². The van der Waals surface area contributed by atoms with E-state index < -0.39 is 0 Å². The first kappa shape index (κ1) is 17.2. The second kappa shape index (κ2) is 7.99. The van der Waals surface area contributed by atoms with Crippen molar-refractivity contribution in [3.8, 4) is 0 Å². The number of carbonyl (C=O) groups is 1. The number of aryl methyl sites for hydroxylation is 1. The molecular formula is C19H29N3O2. The number of anilines is 1. The SMILES string of the molecule is Cc1ccccc1N1CCN(C(=O)CCN2CCOCC2)[C@H](C)C1. The van der Waals surface area contributed by atoms with E-state index in [0.29, 0.717) is 12.3 Å². The Labute approximate surface area is 145 Å². The van der Waals surface area contributed by atoms with Crippen molar-refractivity contribution in [3.63, 3.8) is 0 Å². The van der Waals surface area contributed by atoms with Gasteiger partial charge in [-0.15, -0.1) is 0 Å². The van der Waals surface area contributed by atoms with Crippen molar-refractivity contribution in [2.24, 2.45) is 0 Å². The van der Waals surface area contributed by atoms with Gasteiger partial charge in [0.25, 0.3) is 0 Å². The highest BCUT2D eigenvalue weighted by Gasteiger charge is 2.28. The lowest BCUT2D eigenvalue weighted by molar-refractivity contribution is -0.134. The van der Waals surface area contributed by atoms with E-state index in [1.807, 2.05) is 0 Å². The molecule has 0 spiro atoms. The van der Waals surface area contributed by atoms with Crippen molar-refractivity contribution in [1.82, 2.24) is 9.80 Å². The number of morpholine rings is 1. The fourth-order valence-electron chi connectivity index (χ4n) is 3.69. The van der Waals surface area contributed by atoms with Crippen LogP contribution in [-0.2, 0) is 9.53 Å². The van der Waals surface area contributed by atoms with Crippen LogP contribution in [0.4, 0.5) is 5.69 Å². The number of rotatable bonds is 4. The van der Waals surface area contributed by atoms with E-state index >= 15 is 0 Å². The Hall–Kier alpha value is -1.59. The third kappa shape index (κ3) is 4.08. The number of amides is 1. The van der Waals surface area contributed by atoms with Crippen LogP contribution in [0.15, 0.2) is 24.3 Å². The molecule has 2 saturated heterocycles. The fourth-order valence-corrected chi connectivity index (χ4v) is 3.69. The summed E-state index contributed by atoms with van der Waals surface area (Å²) in [6.07, 6.45) is 0.620. The van der Waals surface area contributed by atoms with E-state index in [2.05, 4.69) is 52.8 Å². The molecule has 2 heterocycles. The van der Waals surface area contributed by atoms with Crippen molar-refractivity contribution in [3.05, 3.63) is 29.8 Å². The van der Waals surface area contributed by atoms with Crippen LogP contribution in [0.5, 0.6) is 0 Å². The summed E-state index contributed by atoms with van der Waals surface area (Å²) in [7, 11) is 0. The van der Waals surface area contributed by atoms with E-state index in [1.165, 1.54) is 11.3 Å².